The number of aryl methyl sites for hydroxylation is 1. The Morgan fingerprint density at radius 3 is 2.60 bits per heavy atom. The molecule has 42 heavy (non-hydrogen) atoms. The van der Waals surface area contributed by atoms with Gasteiger partial charge in [0.25, 0.3) is 0 Å². The number of ether oxygens (including phenoxy) is 5. The maximum absolute atomic E-state index is 15.2. The maximum Gasteiger partial charge on any atom is 0.408 e. The fourth-order valence-corrected chi connectivity index (χ4v) is 6.36. The molecule has 3 saturated heterocycles. The largest absolute Gasteiger partial charge is 0.477 e. The smallest absolute Gasteiger partial charge is 0.408 e. The van der Waals surface area contributed by atoms with Gasteiger partial charge in [0.2, 0.25) is 5.88 Å². The van der Waals surface area contributed by atoms with Crippen molar-refractivity contribution in [2.75, 3.05) is 26.4 Å². The molecule has 2 aliphatic carbocycles. The van der Waals surface area contributed by atoms with Gasteiger partial charge in [-0.3, -0.25) is 4.98 Å². The first-order valence-corrected chi connectivity index (χ1v) is 15.5. The number of hydrogen-bond donors (Lipinski definition) is 1. The molecule has 0 spiro atoms. The Balaban J connectivity index is 1.07. The number of nitrogens with one attached hydrogen (secondary N) is 1. The Kier molecular flexibility index (Phi) is 8.08. The minimum absolute atomic E-state index is 0.00745. The molecular formula is C32H44FN3O6. The van der Waals surface area contributed by atoms with Gasteiger partial charge < -0.3 is 29.0 Å². The summed E-state index contributed by atoms with van der Waals surface area (Å²) in [7, 11) is 0. The van der Waals surface area contributed by atoms with Crippen LogP contribution >= 0.6 is 0 Å². The minimum atomic E-state index is -0.553. The van der Waals surface area contributed by atoms with E-state index < -0.39 is 17.2 Å². The summed E-state index contributed by atoms with van der Waals surface area (Å²) in [4.78, 5) is 21.4. The van der Waals surface area contributed by atoms with Crippen molar-refractivity contribution in [2.45, 2.75) is 114 Å². The molecule has 1 unspecified atom stereocenters. The summed E-state index contributed by atoms with van der Waals surface area (Å²) in [5, 5.41) is 3.07. The van der Waals surface area contributed by atoms with Crippen LogP contribution in [0.25, 0.3) is 11.0 Å². The summed E-state index contributed by atoms with van der Waals surface area (Å²) < 4.78 is 44.9. The van der Waals surface area contributed by atoms with Crippen molar-refractivity contribution in [3.05, 3.63) is 29.7 Å². The van der Waals surface area contributed by atoms with Gasteiger partial charge in [0.15, 0.2) is 6.29 Å². The molecule has 0 radical (unpaired) electrons. The molecule has 2 bridgehead atoms. The van der Waals surface area contributed by atoms with Gasteiger partial charge in [0.1, 0.15) is 11.4 Å². The summed E-state index contributed by atoms with van der Waals surface area (Å²) in [5.74, 6) is 0.106. The van der Waals surface area contributed by atoms with E-state index in [0.29, 0.717) is 55.1 Å². The monoisotopic (exact) mass is 585 g/mol. The van der Waals surface area contributed by atoms with E-state index in [9.17, 15) is 4.79 Å². The molecule has 2 aromatic rings. The summed E-state index contributed by atoms with van der Waals surface area (Å²) in [5.41, 5.74) is 0.414. The van der Waals surface area contributed by atoms with E-state index in [1.807, 2.05) is 26.8 Å². The third-order valence-electron chi connectivity index (χ3n) is 9.31. The standard InChI is InChI=1S/C32H44FN3O6/c1-29(2,3)42-28(37)36-31-13-15-32(16-14-31,41-21-31)10-9-22-23(33)18-34-24-7-8-25(35-27(22)24)39-19-30(11-12-30)20-40-26-6-4-5-17-38-26/h7-8,18,26H,4-6,9-17,19-21H2,1-3H3,(H,36,37). The van der Waals surface area contributed by atoms with Crippen LogP contribution in [0.2, 0.25) is 0 Å². The lowest BCUT2D eigenvalue weighted by atomic mass is 9.69. The van der Waals surface area contributed by atoms with Crippen LogP contribution in [0, 0.1) is 11.2 Å². The number of nitrogens with zero attached hydrogens (tertiary/aromatic N) is 2. The van der Waals surface area contributed by atoms with Gasteiger partial charge in [0.05, 0.1) is 48.2 Å². The number of hydrogen-bond acceptors (Lipinski definition) is 8. The highest BCUT2D eigenvalue weighted by molar-refractivity contribution is 5.78. The Hall–Kier alpha value is -2.56. The Bertz CT molecular complexity index is 1260. The number of fused-ring (bicyclic) bond motifs is 4. The Morgan fingerprint density at radius 1 is 1.12 bits per heavy atom. The summed E-state index contributed by atoms with van der Waals surface area (Å²) in [6.07, 6.45) is 10.4. The third-order valence-corrected chi connectivity index (χ3v) is 9.31. The predicted molar refractivity (Wildman–Crippen MR) is 154 cm³/mol. The second-order valence-corrected chi connectivity index (χ2v) is 13.9. The summed E-state index contributed by atoms with van der Waals surface area (Å²) in [6.45, 7) is 7.88. The first kappa shape index (κ1) is 29.5. The fourth-order valence-electron chi connectivity index (χ4n) is 6.36. The Morgan fingerprint density at radius 2 is 1.93 bits per heavy atom. The molecule has 2 saturated carbocycles. The number of aromatic nitrogens is 2. The van der Waals surface area contributed by atoms with Crippen molar-refractivity contribution >= 4 is 17.1 Å². The number of pyridine rings is 2. The van der Waals surface area contributed by atoms with Crippen LogP contribution in [0.1, 0.15) is 90.5 Å². The molecule has 5 fully saturated rings. The molecule has 3 aliphatic heterocycles. The fraction of sp³-hybridized carbons (Fsp3) is 0.719. The first-order valence-electron chi connectivity index (χ1n) is 15.5. The quantitative estimate of drug-likeness (QED) is 0.362. The van der Waals surface area contributed by atoms with Gasteiger partial charge in [-0.2, -0.15) is 0 Å². The topological polar surface area (TPSA) is 101 Å². The number of halogens is 1. The zero-order valence-electron chi connectivity index (χ0n) is 25.1. The second-order valence-electron chi connectivity index (χ2n) is 13.9. The van der Waals surface area contributed by atoms with Gasteiger partial charge in [-0.15, -0.1) is 0 Å². The van der Waals surface area contributed by atoms with E-state index in [2.05, 4.69) is 10.3 Å². The lowest BCUT2D eigenvalue weighted by Gasteiger charge is -2.53. The average Bonchev–Trinajstić information content (AvgIpc) is 3.75. The first-order chi connectivity index (χ1) is 20.1. The minimum Gasteiger partial charge on any atom is -0.477 e. The highest BCUT2D eigenvalue weighted by atomic mass is 19.1. The predicted octanol–water partition coefficient (Wildman–Crippen LogP) is 6.01. The van der Waals surface area contributed by atoms with Crippen molar-refractivity contribution in [1.82, 2.24) is 15.3 Å². The molecule has 5 heterocycles. The lowest BCUT2D eigenvalue weighted by Crippen LogP contribution is -2.63. The molecule has 7 rings (SSSR count). The van der Waals surface area contributed by atoms with Crippen LogP contribution in [0.5, 0.6) is 5.88 Å². The lowest BCUT2D eigenvalue weighted by molar-refractivity contribution is -0.172. The van der Waals surface area contributed by atoms with Gasteiger partial charge >= 0.3 is 6.09 Å². The number of rotatable bonds is 10. The zero-order valence-corrected chi connectivity index (χ0v) is 25.1. The zero-order chi connectivity index (χ0) is 29.4. The molecule has 0 aromatic carbocycles. The molecule has 1 atom stereocenters. The normalized spacial score (nSPS) is 28.4. The molecule has 5 aliphatic rings. The van der Waals surface area contributed by atoms with Gasteiger partial charge in [-0.1, -0.05) is 0 Å². The van der Waals surface area contributed by atoms with Crippen molar-refractivity contribution < 1.29 is 32.9 Å². The van der Waals surface area contributed by atoms with E-state index in [-0.39, 0.29) is 23.1 Å². The van der Waals surface area contributed by atoms with E-state index in [1.54, 1.807) is 6.07 Å². The third kappa shape index (κ3) is 6.81. The van der Waals surface area contributed by atoms with E-state index in [4.69, 9.17) is 28.7 Å². The number of carbonyl (C=O) groups is 1. The molecular weight excluding hydrogens is 541 g/mol. The SMILES string of the molecule is CC(C)(C)OC(=O)NC12CCC(CCc3c(F)cnc4ccc(OCC5(COC6CCCCO6)CC5)nc34)(CC1)OC2. The van der Waals surface area contributed by atoms with Crippen LogP contribution in [-0.2, 0) is 25.4 Å². The van der Waals surface area contributed by atoms with Crippen LogP contribution in [0.4, 0.5) is 9.18 Å². The summed E-state index contributed by atoms with van der Waals surface area (Å²) in [6, 6.07) is 3.65. The van der Waals surface area contributed by atoms with Crippen LogP contribution in [0.15, 0.2) is 18.3 Å². The molecule has 1 N–H and O–H groups in total. The average molecular weight is 586 g/mol. The highest BCUT2D eigenvalue weighted by Crippen LogP contribution is 2.47. The van der Waals surface area contributed by atoms with Gasteiger partial charge in [0, 0.05) is 23.7 Å². The van der Waals surface area contributed by atoms with Gasteiger partial charge in [-0.25, -0.2) is 14.2 Å². The maximum atomic E-state index is 15.2. The van der Waals surface area contributed by atoms with Crippen LogP contribution < -0.4 is 10.1 Å². The number of carbonyl (C=O) groups excluding carboxylic acids is 1. The number of alkyl carbamates (subject to hydrolysis) is 1. The Labute approximate surface area is 247 Å². The summed E-state index contributed by atoms with van der Waals surface area (Å²) >= 11 is 0. The van der Waals surface area contributed by atoms with Crippen LogP contribution in [0.3, 0.4) is 0 Å². The van der Waals surface area contributed by atoms with Crippen LogP contribution in [-0.4, -0.2) is 65.5 Å². The van der Waals surface area contributed by atoms with E-state index in [0.717, 1.165) is 64.4 Å². The van der Waals surface area contributed by atoms with Gasteiger partial charge in [-0.05, 0) is 97.5 Å². The van der Waals surface area contributed by atoms with Crippen molar-refractivity contribution in [2.24, 2.45) is 5.41 Å². The second kappa shape index (κ2) is 11.5. The van der Waals surface area contributed by atoms with Crippen molar-refractivity contribution in [3.8, 4) is 5.88 Å². The molecule has 2 aromatic heterocycles. The molecule has 230 valence electrons. The van der Waals surface area contributed by atoms with Crippen molar-refractivity contribution in [1.29, 1.82) is 0 Å². The highest BCUT2D eigenvalue weighted by Gasteiger charge is 2.50. The molecule has 9 nitrogen and oxygen atoms in total. The number of amides is 1. The van der Waals surface area contributed by atoms with E-state index in [1.165, 1.54) is 6.20 Å². The molecule has 10 heteroatoms. The van der Waals surface area contributed by atoms with Crippen molar-refractivity contribution in [3.63, 3.8) is 0 Å². The van der Waals surface area contributed by atoms with E-state index >= 15 is 4.39 Å². The molecule has 1 amide bonds.